The molecule has 1 fully saturated rings. The summed E-state index contributed by atoms with van der Waals surface area (Å²) < 4.78 is 0. The van der Waals surface area contributed by atoms with E-state index >= 15 is 0 Å². The highest BCUT2D eigenvalue weighted by atomic mass is 15.1. The van der Waals surface area contributed by atoms with Gasteiger partial charge in [0, 0.05) is 48.8 Å². The summed E-state index contributed by atoms with van der Waals surface area (Å²) >= 11 is 0. The van der Waals surface area contributed by atoms with Gasteiger partial charge in [0.2, 0.25) is 0 Å². The van der Waals surface area contributed by atoms with Crippen LogP contribution in [0.3, 0.4) is 0 Å². The lowest BCUT2D eigenvalue weighted by molar-refractivity contribution is 0.321. The monoisotopic (exact) mass is 289 g/mol. The van der Waals surface area contributed by atoms with Gasteiger partial charge in [-0.1, -0.05) is 33.6 Å². The highest BCUT2D eigenvalue weighted by molar-refractivity contribution is 5.54. The van der Waals surface area contributed by atoms with Crippen LogP contribution in [0.2, 0.25) is 0 Å². The SMILES string of the molecule is Cc1cc(N(C)C2CCCCC2C)c(CNC(C)C)cn1. The molecule has 0 amide bonds. The zero-order valence-electron chi connectivity index (χ0n) is 14.3. The first kappa shape index (κ1) is 16.3. The lowest BCUT2D eigenvalue weighted by Gasteiger charge is -2.38. The number of nitrogens with zero attached hydrogens (tertiary/aromatic N) is 2. The van der Waals surface area contributed by atoms with Crippen LogP contribution in [0.5, 0.6) is 0 Å². The number of anilines is 1. The van der Waals surface area contributed by atoms with E-state index < -0.39 is 0 Å². The fourth-order valence-electron chi connectivity index (χ4n) is 3.40. The minimum atomic E-state index is 0.498. The van der Waals surface area contributed by atoms with Crippen molar-refractivity contribution in [2.45, 2.75) is 72.0 Å². The first-order valence-corrected chi connectivity index (χ1v) is 8.40. The molecule has 3 heteroatoms. The molecule has 1 heterocycles. The van der Waals surface area contributed by atoms with Crippen molar-refractivity contribution in [2.24, 2.45) is 5.92 Å². The number of pyridine rings is 1. The summed E-state index contributed by atoms with van der Waals surface area (Å²) in [5.74, 6) is 0.781. The molecule has 1 aromatic heterocycles. The van der Waals surface area contributed by atoms with Gasteiger partial charge in [-0.25, -0.2) is 0 Å². The van der Waals surface area contributed by atoms with E-state index in [0.29, 0.717) is 12.1 Å². The first-order chi connectivity index (χ1) is 9.99. The summed E-state index contributed by atoms with van der Waals surface area (Å²) in [6.07, 6.45) is 7.48. The minimum absolute atomic E-state index is 0.498. The molecule has 0 bridgehead atoms. The van der Waals surface area contributed by atoms with Crippen molar-refractivity contribution < 1.29 is 0 Å². The van der Waals surface area contributed by atoms with Crippen molar-refractivity contribution in [3.8, 4) is 0 Å². The summed E-state index contributed by atoms with van der Waals surface area (Å²) in [7, 11) is 2.26. The number of aromatic nitrogens is 1. The summed E-state index contributed by atoms with van der Waals surface area (Å²) in [6.45, 7) is 9.76. The topological polar surface area (TPSA) is 28.2 Å². The average molecular weight is 289 g/mol. The van der Waals surface area contributed by atoms with Crippen LogP contribution in [-0.4, -0.2) is 24.1 Å². The van der Waals surface area contributed by atoms with E-state index in [4.69, 9.17) is 0 Å². The highest BCUT2D eigenvalue weighted by Gasteiger charge is 2.26. The van der Waals surface area contributed by atoms with Crippen LogP contribution in [0.1, 0.15) is 57.7 Å². The lowest BCUT2D eigenvalue weighted by atomic mass is 9.84. The van der Waals surface area contributed by atoms with Gasteiger partial charge in [-0.2, -0.15) is 0 Å². The Hall–Kier alpha value is -1.09. The molecule has 0 radical (unpaired) electrons. The summed E-state index contributed by atoms with van der Waals surface area (Å²) in [5, 5.41) is 3.52. The number of hydrogen-bond acceptors (Lipinski definition) is 3. The Bertz CT molecular complexity index is 456. The van der Waals surface area contributed by atoms with Gasteiger partial charge in [-0.05, 0) is 31.7 Å². The highest BCUT2D eigenvalue weighted by Crippen LogP contribution is 2.32. The van der Waals surface area contributed by atoms with E-state index in [-0.39, 0.29) is 0 Å². The molecule has 1 aliphatic rings. The Kier molecular flexibility index (Phi) is 5.63. The second-order valence-electron chi connectivity index (χ2n) is 6.93. The van der Waals surface area contributed by atoms with E-state index in [1.54, 1.807) is 0 Å². The van der Waals surface area contributed by atoms with Crippen molar-refractivity contribution >= 4 is 5.69 Å². The predicted molar refractivity (Wildman–Crippen MR) is 90.8 cm³/mol. The van der Waals surface area contributed by atoms with Crippen molar-refractivity contribution in [3.63, 3.8) is 0 Å². The summed E-state index contributed by atoms with van der Waals surface area (Å²) in [4.78, 5) is 7.01. The Balaban J connectivity index is 2.21. The third-order valence-corrected chi connectivity index (χ3v) is 4.74. The van der Waals surface area contributed by atoms with Crippen LogP contribution in [-0.2, 0) is 6.54 Å². The van der Waals surface area contributed by atoms with Gasteiger partial charge in [0.1, 0.15) is 0 Å². The van der Waals surface area contributed by atoms with Crippen molar-refractivity contribution in [2.75, 3.05) is 11.9 Å². The fraction of sp³-hybridized carbons (Fsp3) is 0.722. The smallest absolute Gasteiger partial charge is 0.0445 e. The molecule has 21 heavy (non-hydrogen) atoms. The molecule has 0 saturated heterocycles. The van der Waals surface area contributed by atoms with Crippen LogP contribution in [0.4, 0.5) is 5.69 Å². The van der Waals surface area contributed by atoms with Crippen LogP contribution in [0.15, 0.2) is 12.3 Å². The fourth-order valence-corrected chi connectivity index (χ4v) is 3.40. The largest absolute Gasteiger partial charge is 0.371 e. The molecule has 118 valence electrons. The van der Waals surface area contributed by atoms with Gasteiger partial charge in [0.25, 0.3) is 0 Å². The van der Waals surface area contributed by atoms with Crippen molar-refractivity contribution in [1.82, 2.24) is 10.3 Å². The zero-order chi connectivity index (χ0) is 15.4. The zero-order valence-corrected chi connectivity index (χ0v) is 14.3. The molecule has 1 saturated carbocycles. The molecule has 3 nitrogen and oxygen atoms in total. The van der Waals surface area contributed by atoms with E-state index in [9.17, 15) is 0 Å². The Morgan fingerprint density at radius 2 is 2.05 bits per heavy atom. The third-order valence-electron chi connectivity index (χ3n) is 4.74. The lowest BCUT2D eigenvalue weighted by Crippen LogP contribution is -2.39. The molecule has 2 unspecified atom stereocenters. The molecule has 0 aromatic carbocycles. The van der Waals surface area contributed by atoms with Crippen LogP contribution in [0.25, 0.3) is 0 Å². The van der Waals surface area contributed by atoms with Gasteiger partial charge >= 0.3 is 0 Å². The molecule has 1 aromatic rings. The molecule has 0 spiro atoms. The molecule has 0 aliphatic heterocycles. The maximum atomic E-state index is 4.50. The third kappa shape index (κ3) is 4.19. The molecular formula is C18H31N3. The normalized spacial score (nSPS) is 22.6. The number of hydrogen-bond donors (Lipinski definition) is 1. The molecule has 1 aliphatic carbocycles. The number of nitrogens with one attached hydrogen (secondary N) is 1. The second kappa shape index (κ2) is 7.26. The molecule has 2 rings (SSSR count). The van der Waals surface area contributed by atoms with Gasteiger partial charge < -0.3 is 10.2 Å². The van der Waals surface area contributed by atoms with Crippen molar-refractivity contribution in [1.29, 1.82) is 0 Å². The average Bonchev–Trinajstić information content (AvgIpc) is 2.45. The molecule has 1 N–H and O–H groups in total. The number of aryl methyl sites for hydroxylation is 1. The maximum absolute atomic E-state index is 4.50. The predicted octanol–water partition coefficient (Wildman–Crippen LogP) is 3.90. The van der Waals surface area contributed by atoms with E-state index in [0.717, 1.165) is 18.2 Å². The van der Waals surface area contributed by atoms with E-state index in [1.807, 2.05) is 6.20 Å². The van der Waals surface area contributed by atoms with Gasteiger partial charge in [0.05, 0.1) is 0 Å². The summed E-state index contributed by atoms with van der Waals surface area (Å²) in [6, 6.07) is 3.41. The quantitative estimate of drug-likeness (QED) is 0.891. The number of rotatable bonds is 5. The van der Waals surface area contributed by atoms with Crippen LogP contribution < -0.4 is 10.2 Å². The Morgan fingerprint density at radius 1 is 1.33 bits per heavy atom. The molecular weight excluding hydrogens is 258 g/mol. The molecule has 2 atom stereocenters. The van der Waals surface area contributed by atoms with E-state index in [2.05, 4.69) is 56.0 Å². The van der Waals surface area contributed by atoms with Crippen LogP contribution >= 0.6 is 0 Å². The first-order valence-electron chi connectivity index (χ1n) is 8.40. The van der Waals surface area contributed by atoms with E-state index in [1.165, 1.54) is 36.9 Å². The Morgan fingerprint density at radius 3 is 2.71 bits per heavy atom. The Labute approximate surface area is 130 Å². The van der Waals surface area contributed by atoms with Gasteiger partial charge in [0.15, 0.2) is 0 Å². The summed E-state index contributed by atoms with van der Waals surface area (Å²) in [5.41, 5.74) is 3.78. The standard InChI is InChI=1S/C18H31N3/c1-13(2)19-11-16-12-20-15(4)10-18(16)21(5)17-9-7-6-8-14(17)3/h10,12-14,17,19H,6-9,11H2,1-5H3. The maximum Gasteiger partial charge on any atom is 0.0445 e. The minimum Gasteiger partial charge on any atom is -0.371 e. The second-order valence-corrected chi connectivity index (χ2v) is 6.93. The van der Waals surface area contributed by atoms with Gasteiger partial charge in [-0.3, -0.25) is 4.98 Å². The van der Waals surface area contributed by atoms with Gasteiger partial charge in [-0.15, -0.1) is 0 Å². The van der Waals surface area contributed by atoms with Crippen molar-refractivity contribution in [3.05, 3.63) is 23.5 Å². The van der Waals surface area contributed by atoms with Crippen LogP contribution in [0, 0.1) is 12.8 Å².